The average molecular weight is 403 g/mol. The lowest BCUT2D eigenvalue weighted by Crippen LogP contribution is -2.50. The summed E-state index contributed by atoms with van der Waals surface area (Å²) in [5, 5.41) is 9.80. The van der Waals surface area contributed by atoms with Gasteiger partial charge in [-0.3, -0.25) is 0 Å². The van der Waals surface area contributed by atoms with Crippen molar-refractivity contribution in [1.82, 2.24) is 9.88 Å². The van der Waals surface area contributed by atoms with E-state index in [0.29, 0.717) is 50.0 Å². The number of anilines is 3. The maximum atomic E-state index is 12.2. The number of carbonyl (C=O) groups excluding carboxylic acids is 1. The molecule has 0 bridgehead atoms. The molecule has 1 aromatic carbocycles. The lowest BCUT2D eigenvalue weighted by molar-refractivity contribution is 0.0239. The standard InChI is InChI=1S/C20H29N5O4/c1-20(2,3)29-19(27)24-8-6-23(7-9-24)18-22-15-11-16(14(21)10-17(15)28-18)25-5-4-13(26)12-25/h10-11,13,26H,4-9,12,21H2,1-3H3/t13-/m0/s1. The second-order valence-corrected chi connectivity index (χ2v) is 8.72. The second-order valence-electron chi connectivity index (χ2n) is 8.72. The summed E-state index contributed by atoms with van der Waals surface area (Å²) in [6.45, 7) is 9.27. The van der Waals surface area contributed by atoms with Gasteiger partial charge in [-0.2, -0.15) is 4.98 Å². The van der Waals surface area contributed by atoms with Crippen LogP contribution in [0.15, 0.2) is 16.5 Å². The van der Waals surface area contributed by atoms with Crippen molar-refractivity contribution >= 4 is 34.6 Å². The van der Waals surface area contributed by atoms with Crippen molar-refractivity contribution in [2.75, 3.05) is 54.8 Å². The molecule has 0 saturated carbocycles. The van der Waals surface area contributed by atoms with Gasteiger partial charge in [-0.05, 0) is 33.3 Å². The molecule has 4 rings (SSSR count). The molecule has 2 aromatic rings. The summed E-state index contributed by atoms with van der Waals surface area (Å²) in [6, 6.07) is 4.25. The van der Waals surface area contributed by atoms with Crippen LogP contribution in [0, 0.1) is 0 Å². The van der Waals surface area contributed by atoms with Gasteiger partial charge in [-0.15, -0.1) is 0 Å². The van der Waals surface area contributed by atoms with E-state index in [9.17, 15) is 9.90 Å². The molecule has 0 aliphatic carbocycles. The average Bonchev–Trinajstić information content (AvgIpc) is 3.25. The molecule has 2 aliphatic heterocycles. The minimum absolute atomic E-state index is 0.292. The van der Waals surface area contributed by atoms with Gasteiger partial charge in [0, 0.05) is 45.3 Å². The molecular formula is C20H29N5O4. The van der Waals surface area contributed by atoms with E-state index >= 15 is 0 Å². The summed E-state index contributed by atoms with van der Waals surface area (Å²) >= 11 is 0. The van der Waals surface area contributed by atoms with Crippen molar-refractivity contribution < 1.29 is 19.1 Å². The molecule has 0 spiro atoms. The van der Waals surface area contributed by atoms with Gasteiger partial charge in [0.25, 0.3) is 6.01 Å². The number of oxazole rings is 1. The lowest BCUT2D eigenvalue weighted by Gasteiger charge is -2.34. The van der Waals surface area contributed by atoms with Crippen LogP contribution in [-0.2, 0) is 4.74 Å². The molecule has 0 radical (unpaired) electrons. The number of carbonyl (C=O) groups is 1. The van der Waals surface area contributed by atoms with Crippen LogP contribution in [0.1, 0.15) is 27.2 Å². The number of aromatic nitrogens is 1. The molecule has 1 aromatic heterocycles. The Balaban J connectivity index is 1.46. The lowest BCUT2D eigenvalue weighted by atomic mass is 10.2. The number of ether oxygens (including phenoxy) is 1. The van der Waals surface area contributed by atoms with Gasteiger partial charge in [0.05, 0.1) is 17.5 Å². The SMILES string of the molecule is CC(C)(C)OC(=O)N1CCN(c2nc3cc(N4CC[C@H](O)C4)c(N)cc3o2)CC1. The van der Waals surface area contributed by atoms with E-state index in [2.05, 4.69) is 9.88 Å². The molecule has 3 N–H and O–H groups in total. The number of hydrogen-bond donors (Lipinski definition) is 2. The first-order chi connectivity index (χ1) is 13.7. The number of nitrogen functional groups attached to an aromatic ring is 1. The van der Waals surface area contributed by atoms with Gasteiger partial charge in [0.15, 0.2) is 5.58 Å². The third-order valence-corrected chi connectivity index (χ3v) is 5.23. The summed E-state index contributed by atoms with van der Waals surface area (Å²) in [7, 11) is 0. The topological polar surface area (TPSA) is 108 Å². The van der Waals surface area contributed by atoms with Crippen LogP contribution >= 0.6 is 0 Å². The van der Waals surface area contributed by atoms with Crippen LogP contribution in [-0.4, -0.2) is 72.1 Å². The predicted octanol–water partition coefficient (Wildman–Crippen LogP) is 2.04. The van der Waals surface area contributed by atoms with Crippen molar-refractivity contribution in [3.05, 3.63) is 12.1 Å². The van der Waals surface area contributed by atoms with Gasteiger partial charge in [0.1, 0.15) is 11.1 Å². The quantitative estimate of drug-likeness (QED) is 0.734. The number of piperazine rings is 1. The van der Waals surface area contributed by atoms with Crippen molar-refractivity contribution in [3.8, 4) is 0 Å². The van der Waals surface area contributed by atoms with E-state index in [1.54, 1.807) is 11.0 Å². The molecule has 29 heavy (non-hydrogen) atoms. The van der Waals surface area contributed by atoms with E-state index in [4.69, 9.17) is 14.9 Å². The third kappa shape index (κ3) is 4.19. The summed E-state index contributed by atoms with van der Waals surface area (Å²) in [6.07, 6.45) is 0.128. The molecule has 2 fully saturated rings. The normalized spacial score (nSPS) is 20.6. The zero-order valence-corrected chi connectivity index (χ0v) is 17.2. The highest BCUT2D eigenvalue weighted by Gasteiger charge is 2.28. The van der Waals surface area contributed by atoms with E-state index in [1.165, 1.54) is 0 Å². The highest BCUT2D eigenvalue weighted by atomic mass is 16.6. The molecule has 1 atom stereocenters. The highest BCUT2D eigenvalue weighted by molar-refractivity contribution is 5.87. The Kier molecular flexibility index (Phi) is 4.94. The van der Waals surface area contributed by atoms with Gasteiger partial charge < -0.3 is 34.7 Å². The summed E-state index contributed by atoms with van der Waals surface area (Å²) in [4.78, 5) is 22.7. The molecule has 9 nitrogen and oxygen atoms in total. The van der Waals surface area contributed by atoms with Gasteiger partial charge >= 0.3 is 6.09 Å². The van der Waals surface area contributed by atoms with E-state index < -0.39 is 5.60 Å². The van der Waals surface area contributed by atoms with Crippen LogP contribution in [0.5, 0.6) is 0 Å². The number of hydrogen-bond acceptors (Lipinski definition) is 8. The Hall–Kier alpha value is -2.68. The third-order valence-electron chi connectivity index (χ3n) is 5.23. The maximum absolute atomic E-state index is 12.2. The number of benzene rings is 1. The Bertz CT molecular complexity index is 898. The van der Waals surface area contributed by atoms with Gasteiger partial charge in [-0.1, -0.05) is 0 Å². The number of β-amino-alcohol motifs (C(OH)–C–C–N with tert-alkyl or cyclic N) is 1. The first kappa shape index (κ1) is 19.6. The molecular weight excluding hydrogens is 374 g/mol. The molecule has 2 aliphatic rings. The predicted molar refractivity (Wildman–Crippen MR) is 111 cm³/mol. The number of nitrogens with zero attached hydrogens (tertiary/aromatic N) is 4. The van der Waals surface area contributed by atoms with E-state index in [0.717, 1.165) is 24.2 Å². The molecule has 9 heteroatoms. The van der Waals surface area contributed by atoms with Crippen LogP contribution in [0.3, 0.4) is 0 Å². The second kappa shape index (κ2) is 7.29. The number of fused-ring (bicyclic) bond motifs is 1. The fourth-order valence-corrected chi connectivity index (χ4v) is 3.74. The number of rotatable bonds is 2. The van der Waals surface area contributed by atoms with E-state index in [-0.39, 0.29) is 12.2 Å². The molecule has 0 unspecified atom stereocenters. The Morgan fingerprint density at radius 3 is 2.55 bits per heavy atom. The minimum Gasteiger partial charge on any atom is -0.444 e. The first-order valence-corrected chi connectivity index (χ1v) is 10.1. The summed E-state index contributed by atoms with van der Waals surface area (Å²) in [5.74, 6) is 0. The minimum atomic E-state index is -0.502. The fourth-order valence-electron chi connectivity index (χ4n) is 3.74. The van der Waals surface area contributed by atoms with Crippen molar-refractivity contribution in [2.45, 2.75) is 38.9 Å². The number of aliphatic hydroxyl groups excluding tert-OH is 1. The fraction of sp³-hybridized carbons (Fsp3) is 0.600. The van der Waals surface area contributed by atoms with Crippen LogP contribution in [0.4, 0.5) is 22.2 Å². The first-order valence-electron chi connectivity index (χ1n) is 10.1. The largest absolute Gasteiger partial charge is 0.444 e. The van der Waals surface area contributed by atoms with Crippen molar-refractivity contribution in [3.63, 3.8) is 0 Å². The highest BCUT2D eigenvalue weighted by Crippen LogP contribution is 2.33. The number of nitrogens with two attached hydrogens (primary N) is 1. The Labute approximate surface area is 170 Å². The van der Waals surface area contributed by atoms with Crippen molar-refractivity contribution in [2.24, 2.45) is 0 Å². The van der Waals surface area contributed by atoms with Crippen LogP contribution in [0.25, 0.3) is 11.1 Å². The molecule has 158 valence electrons. The molecule has 1 amide bonds. The Morgan fingerprint density at radius 1 is 1.21 bits per heavy atom. The van der Waals surface area contributed by atoms with Gasteiger partial charge in [-0.25, -0.2) is 4.79 Å². The van der Waals surface area contributed by atoms with Gasteiger partial charge in [0.2, 0.25) is 0 Å². The van der Waals surface area contributed by atoms with Crippen molar-refractivity contribution in [1.29, 1.82) is 0 Å². The zero-order valence-electron chi connectivity index (χ0n) is 17.2. The summed E-state index contributed by atoms with van der Waals surface area (Å²) < 4.78 is 11.4. The monoisotopic (exact) mass is 403 g/mol. The number of amides is 1. The van der Waals surface area contributed by atoms with Crippen LogP contribution in [0.2, 0.25) is 0 Å². The molecule has 2 saturated heterocycles. The van der Waals surface area contributed by atoms with Crippen LogP contribution < -0.4 is 15.5 Å². The zero-order chi connectivity index (χ0) is 20.8. The number of aliphatic hydroxyl groups is 1. The molecule has 3 heterocycles. The Morgan fingerprint density at radius 2 is 1.93 bits per heavy atom. The maximum Gasteiger partial charge on any atom is 0.410 e. The smallest absolute Gasteiger partial charge is 0.410 e. The summed E-state index contributed by atoms with van der Waals surface area (Å²) in [5.41, 5.74) is 8.58. The van der Waals surface area contributed by atoms with E-state index in [1.807, 2.05) is 31.7 Å².